The lowest BCUT2D eigenvalue weighted by molar-refractivity contribution is -0.124. The zero-order valence-corrected chi connectivity index (χ0v) is 20.2. The highest BCUT2D eigenvalue weighted by molar-refractivity contribution is 9.10. The molecule has 5 nitrogen and oxygen atoms in total. The molecule has 0 aliphatic carbocycles. The smallest absolute Gasteiger partial charge is 0.227 e. The monoisotopic (exact) mass is 493 g/mol. The van der Waals surface area contributed by atoms with Gasteiger partial charge < -0.3 is 4.42 Å². The Labute approximate surface area is 197 Å². The van der Waals surface area contributed by atoms with Gasteiger partial charge in [0.15, 0.2) is 5.58 Å². The summed E-state index contributed by atoms with van der Waals surface area (Å²) in [6.45, 7) is 6.70. The second-order valence-electron chi connectivity index (χ2n) is 8.66. The first-order valence-corrected chi connectivity index (χ1v) is 12.1. The van der Waals surface area contributed by atoms with E-state index in [2.05, 4.69) is 33.8 Å². The summed E-state index contributed by atoms with van der Waals surface area (Å²) in [6.07, 6.45) is 4.63. The van der Waals surface area contributed by atoms with Crippen molar-refractivity contribution >= 4 is 32.8 Å². The molecular weight excluding hydrogens is 466 g/mol. The average Bonchev–Trinajstić information content (AvgIpc) is 3.23. The van der Waals surface area contributed by atoms with Gasteiger partial charge in [-0.15, -0.1) is 0 Å². The number of hydrogen-bond donors (Lipinski definition) is 0. The molecule has 1 aromatic heterocycles. The molecular formula is C26H28BrN3O2. The number of unbranched alkanes of at least 4 members (excludes halogenated alkanes) is 1. The number of Topliss-reactive ketones (excluding diaryl/α,β-unsaturated/α-hetero) is 1. The van der Waals surface area contributed by atoms with Crippen molar-refractivity contribution in [2.75, 3.05) is 13.1 Å². The summed E-state index contributed by atoms with van der Waals surface area (Å²) in [5.74, 6) is 1.16. The van der Waals surface area contributed by atoms with Crippen LogP contribution in [0.1, 0.15) is 55.7 Å². The molecule has 1 aliphatic heterocycles. The highest BCUT2D eigenvalue weighted by atomic mass is 79.9. The van der Waals surface area contributed by atoms with Gasteiger partial charge in [0.2, 0.25) is 5.89 Å². The molecule has 32 heavy (non-hydrogen) atoms. The van der Waals surface area contributed by atoms with Crippen molar-refractivity contribution in [2.45, 2.75) is 52.5 Å². The number of fused-ring (bicyclic) bond motifs is 1. The average molecular weight is 494 g/mol. The van der Waals surface area contributed by atoms with Crippen LogP contribution in [0.2, 0.25) is 0 Å². The SMILES string of the molecule is CCCCC(=O)C1CCN(Cc2cc(C#N)c3oc(-c4cccc(Br)c4C)nc3c2)CC1. The molecule has 2 aromatic carbocycles. The van der Waals surface area contributed by atoms with Crippen molar-refractivity contribution in [3.8, 4) is 17.5 Å². The van der Waals surface area contributed by atoms with E-state index >= 15 is 0 Å². The Bertz CT molecular complexity index is 1170. The maximum absolute atomic E-state index is 12.3. The first kappa shape index (κ1) is 22.7. The van der Waals surface area contributed by atoms with Crippen LogP contribution in [0.5, 0.6) is 0 Å². The predicted molar refractivity (Wildman–Crippen MR) is 129 cm³/mol. The Morgan fingerprint density at radius 2 is 2.09 bits per heavy atom. The van der Waals surface area contributed by atoms with Crippen LogP contribution in [0.4, 0.5) is 0 Å². The highest BCUT2D eigenvalue weighted by Crippen LogP contribution is 2.32. The number of likely N-dealkylation sites (tertiary alicyclic amines) is 1. The van der Waals surface area contributed by atoms with Crippen molar-refractivity contribution in [1.82, 2.24) is 9.88 Å². The summed E-state index contributed by atoms with van der Waals surface area (Å²) in [5.41, 5.74) is 4.76. The second kappa shape index (κ2) is 9.97. The van der Waals surface area contributed by atoms with Crippen LogP contribution < -0.4 is 0 Å². The number of piperidine rings is 1. The van der Waals surface area contributed by atoms with Gasteiger partial charge in [0.25, 0.3) is 0 Å². The maximum atomic E-state index is 12.3. The summed E-state index contributed by atoms with van der Waals surface area (Å²) >= 11 is 3.56. The topological polar surface area (TPSA) is 70.1 Å². The highest BCUT2D eigenvalue weighted by Gasteiger charge is 2.25. The van der Waals surface area contributed by atoms with Crippen LogP contribution in [-0.4, -0.2) is 28.8 Å². The summed E-state index contributed by atoms with van der Waals surface area (Å²) in [4.78, 5) is 19.4. The summed E-state index contributed by atoms with van der Waals surface area (Å²) in [6, 6.07) is 12.1. The minimum atomic E-state index is 0.210. The van der Waals surface area contributed by atoms with Gasteiger partial charge in [-0.05, 0) is 74.7 Å². The largest absolute Gasteiger partial charge is 0.435 e. The standard InChI is InChI=1S/C26H28BrN3O2/c1-3-4-8-24(31)19-9-11-30(12-10-19)16-18-13-20(15-28)25-23(14-18)29-26(32-25)21-6-5-7-22(27)17(21)2/h5-7,13-14,19H,3-4,8-12,16H2,1-2H3. The molecule has 3 aromatic rings. The molecule has 0 bridgehead atoms. The van der Waals surface area contributed by atoms with Gasteiger partial charge in [0, 0.05) is 28.9 Å². The van der Waals surface area contributed by atoms with Crippen molar-refractivity contribution < 1.29 is 9.21 Å². The first-order chi connectivity index (χ1) is 15.5. The lowest BCUT2D eigenvalue weighted by Gasteiger charge is -2.31. The van der Waals surface area contributed by atoms with Crippen LogP contribution in [0.15, 0.2) is 39.2 Å². The Morgan fingerprint density at radius 3 is 2.81 bits per heavy atom. The van der Waals surface area contributed by atoms with Gasteiger partial charge in [-0.25, -0.2) is 4.98 Å². The van der Waals surface area contributed by atoms with Gasteiger partial charge in [-0.2, -0.15) is 5.26 Å². The lowest BCUT2D eigenvalue weighted by Crippen LogP contribution is -2.35. The molecule has 0 radical (unpaired) electrons. The van der Waals surface area contributed by atoms with E-state index in [4.69, 9.17) is 9.40 Å². The number of oxazole rings is 1. The quantitative estimate of drug-likeness (QED) is 0.380. The molecule has 166 valence electrons. The molecule has 6 heteroatoms. The molecule has 1 saturated heterocycles. The molecule has 0 N–H and O–H groups in total. The number of aromatic nitrogens is 1. The number of rotatable bonds is 7. The van der Waals surface area contributed by atoms with Crippen molar-refractivity contribution in [3.05, 3.63) is 51.5 Å². The number of ketones is 1. The minimum Gasteiger partial charge on any atom is -0.435 e. The zero-order valence-electron chi connectivity index (χ0n) is 18.7. The molecule has 0 unspecified atom stereocenters. The first-order valence-electron chi connectivity index (χ1n) is 11.3. The fraction of sp³-hybridized carbons (Fsp3) is 0.423. The molecule has 0 spiro atoms. The van der Waals surface area contributed by atoms with Crippen molar-refractivity contribution in [1.29, 1.82) is 5.26 Å². The molecule has 2 heterocycles. The Kier molecular flexibility index (Phi) is 7.07. The number of carbonyl (C=O) groups is 1. The summed E-state index contributed by atoms with van der Waals surface area (Å²) in [5, 5.41) is 9.71. The summed E-state index contributed by atoms with van der Waals surface area (Å²) in [7, 11) is 0. The third-order valence-electron chi connectivity index (χ3n) is 6.39. The van der Waals surface area contributed by atoms with E-state index < -0.39 is 0 Å². The van der Waals surface area contributed by atoms with Crippen molar-refractivity contribution in [3.63, 3.8) is 0 Å². The zero-order chi connectivity index (χ0) is 22.7. The van der Waals surface area contributed by atoms with Gasteiger partial charge in [0.05, 0.1) is 5.56 Å². The molecule has 0 atom stereocenters. The van der Waals surface area contributed by atoms with Crippen LogP contribution in [0.25, 0.3) is 22.6 Å². The Morgan fingerprint density at radius 1 is 1.31 bits per heavy atom. The molecule has 4 rings (SSSR count). The fourth-order valence-corrected chi connectivity index (χ4v) is 4.81. The van der Waals surface area contributed by atoms with E-state index in [0.717, 1.165) is 72.9 Å². The van der Waals surface area contributed by atoms with E-state index in [1.54, 1.807) is 0 Å². The number of nitriles is 1. The number of hydrogen-bond acceptors (Lipinski definition) is 5. The maximum Gasteiger partial charge on any atom is 0.227 e. The molecule has 1 aliphatic rings. The van der Waals surface area contributed by atoms with E-state index in [1.165, 1.54) is 0 Å². The summed E-state index contributed by atoms with van der Waals surface area (Å²) < 4.78 is 7.02. The molecule has 1 fully saturated rings. The van der Waals surface area contributed by atoms with Crippen LogP contribution in [0.3, 0.4) is 0 Å². The number of benzene rings is 2. The third-order valence-corrected chi connectivity index (χ3v) is 7.25. The van der Waals surface area contributed by atoms with E-state index in [0.29, 0.717) is 28.3 Å². The fourth-order valence-electron chi connectivity index (χ4n) is 4.45. The van der Waals surface area contributed by atoms with Gasteiger partial charge in [-0.3, -0.25) is 9.69 Å². The molecule has 0 saturated carbocycles. The van der Waals surface area contributed by atoms with Crippen LogP contribution >= 0.6 is 15.9 Å². The van der Waals surface area contributed by atoms with E-state index in [9.17, 15) is 10.1 Å². The van der Waals surface area contributed by atoms with E-state index in [-0.39, 0.29) is 5.92 Å². The second-order valence-corrected chi connectivity index (χ2v) is 9.51. The van der Waals surface area contributed by atoms with Gasteiger partial charge >= 0.3 is 0 Å². The van der Waals surface area contributed by atoms with Gasteiger partial charge in [-0.1, -0.05) is 35.3 Å². The third kappa shape index (κ3) is 4.79. The number of carbonyl (C=O) groups excluding carboxylic acids is 1. The minimum absolute atomic E-state index is 0.210. The van der Waals surface area contributed by atoms with Gasteiger partial charge in [0.1, 0.15) is 17.4 Å². The number of halogens is 1. The number of nitrogens with zero attached hydrogens (tertiary/aromatic N) is 3. The molecule has 0 amide bonds. The van der Waals surface area contributed by atoms with Crippen molar-refractivity contribution in [2.24, 2.45) is 5.92 Å². The Hall–Kier alpha value is -2.49. The lowest BCUT2D eigenvalue weighted by atomic mass is 9.90. The normalized spacial score (nSPS) is 15.2. The Balaban J connectivity index is 1.52. The van der Waals surface area contributed by atoms with Crippen LogP contribution in [0, 0.1) is 24.2 Å². The van der Waals surface area contributed by atoms with Crippen LogP contribution in [-0.2, 0) is 11.3 Å². The van der Waals surface area contributed by atoms with E-state index in [1.807, 2.05) is 37.3 Å². The predicted octanol–water partition coefficient (Wildman–Crippen LogP) is 6.41.